The van der Waals surface area contributed by atoms with Gasteiger partial charge in [-0.15, -0.1) is 18.6 Å². The van der Waals surface area contributed by atoms with Crippen LogP contribution in [-0.2, 0) is 21.7 Å². The zero-order chi connectivity index (χ0) is 9.64. The van der Waals surface area contributed by atoms with Gasteiger partial charge in [-0.05, 0) is 12.3 Å². The molecule has 1 saturated carbocycles. The van der Waals surface area contributed by atoms with Crippen LogP contribution in [0.3, 0.4) is 0 Å². The van der Waals surface area contributed by atoms with E-state index in [0.29, 0.717) is 0 Å². The summed E-state index contributed by atoms with van der Waals surface area (Å²) in [6.45, 7) is 0. The van der Waals surface area contributed by atoms with Crippen molar-refractivity contribution < 1.29 is 21.7 Å². The van der Waals surface area contributed by atoms with E-state index in [4.69, 9.17) is 0 Å². The Morgan fingerprint density at radius 1 is 1.20 bits per heavy atom. The zero-order valence-corrected chi connectivity index (χ0v) is 10.5. The second-order valence-electron chi connectivity index (χ2n) is 3.77. The summed E-state index contributed by atoms with van der Waals surface area (Å²) in [4.78, 5) is 0. The molecular formula is C14H16Ti. The van der Waals surface area contributed by atoms with Crippen LogP contribution >= 0.6 is 0 Å². The number of fused-ring (bicyclic) bond motifs is 1. The maximum Gasteiger partial charge on any atom is 2.00 e. The van der Waals surface area contributed by atoms with Gasteiger partial charge in [-0.2, -0.15) is 18.2 Å². The van der Waals surface area contributed by atoms with Crippen molar-refractivity contribution in [2.75, 3.05) is 0 Å². The van der Waals surface area contributed by atoms with Gasteiger partial charge in [0.1, 0.15) is 0 Å². The van der Waals surface area contributed by atoms with Gasteiger partial charge in [0.2, 0.25) is 0 Å². The summed E-state index contributed by atoms with van der Waals surface area (Å²) < 4.78 is 0. The number of hydrogen-bond donors (Lipinski definition) is 0. The summed E-state index contributed by atoms with van der Waals surface area (Å²) in [6.07, 6.45) is 13.0. The normalized spacial score (nSPS) is 21.3. The van der Waals surface area contributed by atoms with Gasteiger partial charge in [0.15, 0.2) is 0 Å². The molecule has 3 rings (SSSR count). The second-order valence-corrected chi connectivity index (χ2v) is 3.77. The summed E-state index contributed by atoms with van der Waals surface area (Å²) in [6, 6.07) is 10.0. The van der Waals surface area contributed by atoms with Crippen LogP contribution in [0.15, 0.2) is 54.1 Å². The summed E-state index contributed by atoms with van der Waals surface area (Å²) in [5, 5.41) is 0. The average molecular weight is 232 g/mol. The molecule has 0 N–H and O–H groups in total. The number of allylic oxidation sites excluding steroid dienone is 4. The molecule has 0 spiro atoms. The van der Waals surface area contributed by atoms with E-state index < -0.39 is 0 Å². The van der Waals surface area contributed by atoms with Gasteiger partial charge >= 0.3 is 21.7 Å². The predicted molar refractivity (Wildman–Crippen MR) is 60.9 cm³/mol. The predicted octanol–water partition coefficient (Wildman–Crippen LogP) is 3.89. The Bertz CT molecular complexity index is 289. The third kappa shape index (κ3) is 3.81. The molecule has 0 aromatic heterocycles. The smallest absolute Gasteiger partial charge is 0.227 e. The molecule has 0 nitrogen and oxygen atoms in total. The molecule has 0 radical (unpaired) electrons. The maximum absolute atomic E-state index is 2.37. The van der Waals surface area contributed by atoms with Crippen LogP contribution in [0.2, 0.25) is 0 Å². The number of rotatable bonds is 0. The SMILES string of the molecule is C1=CCC2CC[CH-]C2=C1.[Ti+2].c1cc[cH-]c1. The largest absolute Gasteiger partial charge is 2.00 e. The van der Waals surface area contributed by atoms with E-state index in [2.05, 4.69) is 24.6 Å². The molecule has 1 fully saturated rings. The average Bonchev–Trinajstić information content (AvgIpc) is 2.92. The molecule has 2 aliphatic rings. The Morgan fingerprint density at radius 3 is 2.60 bits per heavy atom. The summed E-state index contributed by atoms with van der Waals surface area (Å²) >= 11 is 0. The van der Waals surface area contributed by atoms with Gasteiger partial charge in [0.05, 0.1) is 0 Å². The molecule has 1 heteroatoms. The van der Waals surface area contributed by atoms with Gasteiger partial charge in [-0.1, -0.05) is 6.42 Å². The van der Waals surface area contributed by atoms with E-state index >= 15 is 0 Å². The topological polar surface area (TPSA) is 0 Å². The molecule has 0 saturated heterocycles. The van der Waals surface area contributed by atoms with Crippen molar-refractivity contribution in [2.45, 2.75) is 19.3 Å². The first kappa shape index (κ1) is 12.5. The zero-order valence-electron chi connectivity index (χ0n) is 8.89. The maximum atomic E-state index is 2.37. The quantitative estimate of drug-likeness (QED) is 0.470. The van der Waals surface area contributed by atoms with E-state index in [1.54, 1.807) is 5.57 Å². The van der Waals surface area contributed by atoms with Gasteiger partial charge in [-0.25, -0.2) is 30.2 Å². The molecule has 76 valence electrons. The summed E-state index contributed by atoms with van der Waals surface area (Å²) in [5.41, 5.74) is 1.58. The summed E-state index contributed by atoms with van der Waals surface area (Å²) in [7, 11) is 0. The molecule has 0 amide bonds. The van der Waals surface area contributed by atoms with E-state index in [9.17, 15) is 0 Å². The first-order valence-corrected chi connectivity index (χ1v) is 5.33. The Hall–Kier alpha value is -0.586. The fourth-order valence-electron chi connectivity index (χ4n) is 1.99. The Morgan fingerprint density at radius 2 is 2.00 bits per heavy atom. The van der Waals surface area contributed by atoms with Crippen LogP contribution in [0.4, 0.5) is 0 Å². The van der Waals surface area contributed by atoms with Crippen LogP contribution in [0.1, 0.15) is 19.3 Å². The van der Waals surface area contributed by atoms with E-state index in [1.807, 2.05) is 30.3 Å². The van der Waals surface area contributed by atoms with Crippen LogP contribution in [0.5, 0.6) is 0 Å². The number of hydrogen-bond acceptors (Lipinski definition) is 0. The molecule has 1 unspecified atom stereocenters. The van der Waals surface area contributed by atoms with Crippen LogP contribution in [0, 0.1) is 12.3 Å². The molecule has 0 heterocycles. The fraction of sp³-hybridized carbons (Fsp3) is 0.286. The standard InChI is InChI=1S/C9H11.C5H5.Ti/c1-2-5-9-7-3-6-8(9)4-1;1-2-4-5-3-1;/h1-2,4,6,9H,3,5,7H2;1-5H;/q2*-1;+2. The molecule has 0 aliphatic heterocycles. The van der Waals surface area contributed by atoms with Crippen molar-refractivity contribution in [1.29, 1.82) is 0 Å². The molecular weight excluding hydrogens is 216 g/mol. The third-order valence-corrected chi connectivity index (χ3v) is 2.77. The van der Waals surface area contributed by atoms with Gasteiger partial charge in [-0.3, -0.25) is 0 Å². The van der Waals surface area contributed by atoms with Crippen molar-refractivity contribution in [3.8, 4) is 0 Å². The van der Waals surface area contributed by atoms with Crippen molar-refractivity contribution in [3.05, 3.63) is 60.6 Å². The minimum absolute atomic E-state index is 0. The molecule has 1 atom stereocenters. The minimum Gasteiger partial charge on any atom is -0.227 e. The van der Waals surface area contributed by atoms with Crippen molar-refractivity contribution in [2.24, 2.45) is 5.92 Å². The molecule has 2 aliphatic carbocycles. The van der Waals surface area contributed by atoms with Crippen LogP contribution < -0.4 is 0 Å². The van der Waals surface area contributed by atoms with Crippen LogP contribution in [-0.4, -0.2) is 0 Å². The Balaban J connectivity index is 0.000000162. The first-order valence-electron chi connectivity index (χ1n) is 5.33. The first-order chi connectivity index (χ1) is 6.97. The van der Waals surface area contributed by atoms with Crippen molar-refractivity contribution >= 4 is 0 Å². The van der Waals surface area contributed by atoms with E-state index in [0.717, 1.165) is 5.92 Å². The van der Waals surface area contributed by atoms with Gasteiger partial charge < -0.3 is 0 Å². The molecule has 0 bridgehead atoms. The van der Waals surface area contributed by atoms with E-state index in [-0.39, 0.29) is 21.7 Å². The van der Waals surface area contributed by atoms with Crippen molar-refractivity contribution in [1.82, 2.24) is 0 Å². The van der Waals surface area contributed by atoms with Crippen molar-refractivity contribution in [3.63, 3.8) is 0 Å². The monoisotopic (exact) mass is 232 g/mol. The van der Waals surface area contributed by atoms with Gasteiger partial charge in [0.25, 0.3) is 0 Å². The Labute approximate surface area is 107 Å². The fourth-order valence-corrected chi connectivity index (χ4v) is 1.99. The second kappa shape index (κ2) is 6.82. The van der Waals surface area contributed by atoms with Crippen LogP contribution in [0.25, 0.3) is 0 Å². The molecule has 15 heavy (non-hydrogen) atoms. The molecule has 1 aromatic rings. The van der Waals surface area contributed by atoms with E-state index in [1.165, 1.54) is 19.3 Å². The Kier molecular flexibility index (Phi) is 5.67. The minimum atomic E-state index is 0. The summed E-state index contributed by atoms with van der Waals surface area (Å²) in [5.74, 6) is 0.884. The molecule has 1 aromatic carbocycles. The van der Waals surface area contributed by atoms with Gasteiger partial charge in [0, 0.05) is 0 Å². The third-order valence-electron chi connectivity index (χ3n) is 2.77.